The van der Waals surface area contributed by atoms with Crippen molar-refractivity contribution in [2.75, 3.05) is 25.4 Å². The minimum atomic E-state index is -1.19. The van der Waals surface area contributed by atoms with Crippen molar-refractivity contribution in [1.82, 2.24) is 24.4 Å². The number of carbonyl (C=O) groups is 1. The number of carboxylic acid groups (broad SMARTS) is 1. The van der Waals surface area contributed by atoms with E-state index in [4.69, 9.17) is 21.3 Å². The smallest absolute Gasteiger partial charge is 0.320 e. The van der Waals surface area contributed by atoms with Crippen LogP contribution in [0.15, 0.2) is 12.7 Å². The summed E-state index contributed by atoms with van der Waals surface area (Å²) in [6.07, 6.45) is 3.81. The number of hydrogen-bond acceptors (Lipinski definition) is 10. The molecule has 0 radical (unpaired) electrons. The maximum absolute atomic E-state index is 11.1. The molecule has 12 nitrogen and oxygen atoms in total. The van der Waals surface area contributed by atoms with Gasteiger partial charge in [0, 0.05) is 19.6 Å². The van der Waals surface area contributed by atoms with Crippen LogP contribution in [0.25, 0.3) is 11.2 Å². The quantitative estimate of drug-likeness (QED) is 0.326. The van der Waals surface area contributed by atoms with Crippen molar-refractivity contribution < 1.29 is 24.9 Å². The van der Waals surface area contributed by atoms with Crippen molar-refractivity contribution in [2.24, 2.45) is 11.7 Å². The lowest BCUT2D eigenvalue weighted by atomic mass is 10.1. The Balaban J connectivity index is 1.47. The van der Waals surface area contributed by atoms with Crippen LogP contribution in [-0.4, -0.2) is 89.7 Å². The molecular formula is C20H31N7O5. The highest BCUT2D eigenvalue weighted by Crippen LogP contribution is 2.33. The fraction of sp³-hybridized carbons (Fsp3) is 0.700. The number of hydrogen-bond donors (Lipinski definition) is 5. The van der Waals surface area contributed by atoms with E-state index in [1.807, 2.05) is 0 Å². The molecule has 176 valence electrons. The molecule has 0 amide bonds. The molecule has 7 N–H and O–H groups in total. The second-order valence-electron chi connectivity index (χ2n) is 8.77. The molecular weight excluding hydrogens is 418 g/mol. The monoisotopic (exact) mass is 449 g/mol. The van der Waals surface area contributed by atoms with Crippen molar-refractivity contribution in [3.63, 3.8) is 0 Å². The number of nitrogen functional groups attached to an aromatic ring is 1. The normalized spacial score (nSPS) is 27.5. The first-order valence-corrected chi connectivity index (χ1v) is 11.0. The number of carboxylic acids is 1. The van der Waals surface area contributed by atoms with Crippen molar-refractivity contribution in [1.29, 1.82) is 0 Å². The number of aliphatic hydroxyl groups is 2. The molecule has 32 heavy (non-hydrogen) atoms. The largest absolute Gasteiger partial charge is 0.480 e. The van der Waals surface area contributed by atoms with E-state index in [0.717, 1.165) is 19.4 Å². The predicted molar refractivity (Wildman–Crippen MR) is 114 cm³/mol. The van der Waals surface area contributed by atoms with Gasteiger partial charge in [0.1, 0.15) is 36.2 Å². The van der Waals surface area contributed by atoms with Gasteiger partial charge in [0.2, 0.25) is 0 Å². The van der Waals surface area contributed by atoms with Gasteiger partial charge in [-0.05, 0) is 25.2 Å². The van der Waals surface area contributed by atoms with Crippen molar-refractivity contribution in [3.8, 4) is 0 Å². The highest BCUT2D eigenvalue weighted by molar-refractivity contribution is 5.81. The zero-order valence-electron chi connectivity index (χ0n) is 17.8. The van der Waals surface area contributed by atoms with Gasteiger partial charge < -0.3 is 36.4 Å². The van der Waals surface area contributed by atoms with Crippen LogP contribution in [0.5, 0.6) is 0 Å². The zero-order chi connectivity index (χ0) is 22.8. The third-order valence-corrected chi connectivity index (χ3v) is 6.50. The number of imidazole rings is 1. The first-order chi connectivity index (χ1) is 15.3. The minimum absolute atomic E-state index is 0.218. The van der Waals surface area contributed by atoms with Gasteiger partial charge in [-0.15, -0.1) is 0 Å². The highest BCUT2D eigenvalue weighted by atomic mass is 16.6. The number of fused-ring (bicyclic) bond motifs is 1. The van der Waals surface area contributed by atoms with Crippen LogP contribution in [-0.2, 0) is 9.53 Å². The number of nitrogens with two attached hydrogens (primary N) is 2. The van der Waals surface area contributed by atoms with Crippen LogP contribution >= 0.6 is 0 Å². The molecule has 0 unspecified atom stereocenters. The summed E-state index contributed by atoms with van der Waals surface area (Å²) in [5, 5.41) is 30.5. The molecule has 2 aromatic heterocycles. The Morgan fingerprint density at radius 1 is 1.22 bits per heavy atom. The van der Waals surface area contributed by atoms with E-state index in [-0.39, 0.29) is 5.82 Å². The van der Waals surface area contributed by atoms with Gasteiger partial charge in [-0.1, -0.05) is 12.8 Å². The molecule has 3 heterocycles. The van der Waals surface area contributed by atoms with Crippen LogP contribution in [0.3, 0.4) is 0 Å². The lowest BCUT2D eigenvalue weighted by molar-refractivity contribution is -0.138. The van der Waals surface area contributed by atoms with E-state index < -0.39 is 36.6 Å². The lowest BCUT2D eigenvalue weighted by Gasteiger charge is -2.29. The van der Waals surface area contributed by atoms with Gasteiger partial charge in [-0.2, -0.15) is 0 Å². The summed E-state index contributed by atoms with van der Waals surface area (Å²) < 4.78 is 7.60. The van der Waals surface area contributed by atoms with Gasteiger partial charge in [-0.25, -0.2) is 15.0 Å². The number of anilines is 1. The van der Waals surface area contributed by atoms with E-state index in [1.54, 1.807) is 4.57 Å². The van der Waals surface area contributed by atoms with Crippen molar-refractivity contribution >= 4 is 23.0 Å². The van der Waals surface area contributed by atoms with Crippen LogP contribution in [0, 0.1) is 5.92 Å². The highest BCUT2D eigenvalue weighted by Gasteiger charge is 2.45. The Morgan fingerprint density at radius 3 is 2.69 bits per heavy atom. The maximum Gasteiger partial charge on any atom is 0.320 e. The average Bonchev–Trinajstić information content (AvgIpc) is 3.49. The second kappa shape index (κ2) is 9.63. The second-order valence-corrected chi connectivity index (χ2v) is 8.77. The first-order valence-electron chi connectivity index (χ1n) is 11.0. The Labute approximate surface area is 185 Å². The van der Waals surface area contributed by atoms with Gasteiger partial charge in [-0.3, -0.25) is 9.36 Å². The van der Waals surface area contributed by atoms with Gasteiger partial charge in [0.15, 0.2) is 17.7 Å². The Kier molecular flexibility index (Phi) is 6.86. The Morgan fingerprint density at radius 2 is 1.97 bits per heavy atom. The third-order valence-electron chi connectivity index (χ3n) is 6.50. The summed E-state index contributed by atoms with van der Waals surface area (Å²) in [5.41, 5.74) is 12.3. The zero-order valence-corrected chi connectivity index (χ0v) is 17.8. The molecule has 1 aliphatic carbocycles. The standard InChI is InChI=1S/C20H31N7O5/c21-12(20(30)31)5-6-26(7-11-3-1-2-4-11)8-13-15(28)16(29)19(32-13)27-10-25-14-17(22)23-9-24-18(14)27/h9-13,15-16,19,28-29H,1-8,21H2,(H,30,31)(H2,22,23,24)/t12-,13+,15+,16+,19+/m0/s1. The van der Waals surface area contributed by atoms with E-state index in [9.17, 15) is 15.0 Å². The van der Waals surface area contributed by atoms with E-state index in [1.165, 1.54) is 25.5 Å². The van der Waals surface area contributed by atoms with Crippen LogP contribution in [0.1, 0.15) is 38.3 Å². The SMILES string of the molecule is Nc1ncnc2c1ncn2[C@@H]1O[C@H](CN(CC[C@H](N)C(=O)O)CC2CCCC2)[C@@H](O)[C@H]1O. The number of nitrogens with zero attached hydrogens (tertiary/aromatic N) is 5. The molecule has 0 spiro atoms. The van der Waals surface area contributed by atoms with Gasteiger partial charge in [0.05, 0.1) is 6.33 Å². The molecule has 1 aliphatic heterocycles. The maximum atomic E-state index is 11.1. The molecule has 0 aromatic carbocycles. The molecule has 5 atom stereocenters. The molecule has 1 saturated carbocycles. The van der Waals surface area contributed by atoms with Crippen LogP contribution in [0.2, 0.25) is 0 Å². The summed E-state index contributed by atoms with van der Waals surface area (Å²) >= 11 is 0. The Bertz CT molecular complexity index is 934. The topological polar surface area (TPSA) is 186 Å². The average molecular weight is 450 g/mol. The van der Waals surface area contributed by atoms with Gasteiger partial charge in [0.25, 0.3) is 0 Å². The number of aliphatic hydroxyl groups excluding tert-OH is 2. The van der Waals surface area contributed by atoms with E-state index in [2.05, 4.69) is 19.9 Å². The first kappa shape index (κ1) is 22.8. The summed E-state index contributed by atoms with van der Waals surface area (Å²) in [5.74, 6) is -0.296. The van der Waals surface area contributed by atoms with Crippen molar-refractivity contribution in [3.05, 3.63) is 12.7 Å². The van der Waals surface area contributed by atoms with Crippen LogP contribution in [0.4, 0.5) is 5.82 Å². The molecule has 1 saturated heterocycles. The predicted octanol–water partition coefficient (Wildman–Crippen LogP) is -0.678. The van der Waals surface area contributed by atoms with Crippen molar-refractivity contribution in [2.45, 2.75) is 62.7 Å². The number of ether oxygens (including phenoxy) is 1. The Hall–Kier alpha value is -2.38. The molecule has 4 rings (SSSR count). The fourth-order valence-electron chi connectivity index (χ4n) is 4.68. The molecule has 0 bridgehead atoms. The third kappa shape index (κ3) is 4.69. The minimum Gasteiger partial charge on any atom is -0.480 e. The summed E-state index contributed by atoms with van der Waals surface area (Å²) in [7, 11) is 0. The summed E-state index contributed by atoms with van der Waals surface area (Å²) in [6.45, 7) is 1.59. The van der Waals surface area contributed by atoms with Crippen LogP contribution < -0.4 is 11.5 Å². The number of aliphatic carboxylic acids is 1. The number of rotatable bonds is 9. The fourth-order valence-corrected chi connectivity index (χ4v) is 4.68. The van der Waals surface area contributed by atoms with E-state index >= 15 is 0 Å². The number of aromatic nitrogens is 4. The summed E-state index contributed by atoms with van der Waals surface area (Å²) in [4.78, 5) is 25.5. The molecule has 12 heteroatoms. The molecule has 2 aliphatic rings. The molecule has 2 fully saturated rings. The lowest BCUT2D eigenvalue weighted by Crippen LogP contribution is -2.43. The van der Waals surface area contributed by atoms with E-state index in [0.29, 0.717) is 36.6 Å². The summed E-state index contributed by atoms with van der Waals surface area (Å²) in [6, 6.07) is -0.948. The molecule has 2 aromatic rings. The van der Waals surface area contributed by atoms with Gasteiger partial charge >= 0.3 is 5.97 Å².